The van der Waals surface area contributed by atoms with Crippen LogP contribution in [0.25, 0.3) is 10.9 Å². The molecule has 1 aromatic carbocycles. The quantitative estimate of drug-likeness (QED) is 0.308. The van der Waals surface area contributed by atoms with Crippen molar-refractivity contribution in [3.63, 3.8) is 0 Å². The summed E-state index contributed by atoms with van der Waals surface area (Å²) in [6.45, 7) is 7.42. The molecule has 0 unspecified atom stereocenters. The fourth-order valence-electron chi connectivity index (χ4n) is 4.86. The topological polar surface area (TPSA) is 80.0 Å². The first kappa shape index (κ1) is 27.3. The normalized spacial score (nSPS) is 21.1. The van der Waals surface area contributed by atoms with Crippen LogP contribution >= 0.6 is 10.2 Å². The Kier molecular flexibility index (Phi) is 6.19. The van der Waals surface area contributed by atoms with E-state index in [0.717, 1.165) is 31.7 Å². The van der Waals surface area contributed by atoms with E-state index in [1.165, 1.54) is 13.8 Å². The second kappa shape index (κ2) is 8.39. The molecule has 2 aromatic heterocycles. The molecule has 1 saturated carbocycles. The third-order valence-corrected chi connectivity index (χ3v) is 8.00. The monoisotopic (exact) mass is 546 g/mol. The van der Waals surface area contributed by atoms with Gasteiger partial charge >= 0.3 is 10.2 Å². The number of benzene rings is 1. The summed E-state index contributed by atoms with van der Waals surface area (Å²) in [5.41, 5.74) is -1.31. The lowest BCUT2D eigenvalue weighted by molar-refractivity contribution is 0.0793. The molecule has 3 aromatic rings. The van der Waals surface area contributed by atoms with E-state index in [1.54, 1.807) is 12.1 Å². The van der Waals surface area contributed by atoms with Crippen molar-refractivity contribution in [3.8, 4) is 0 Å². The molecule has 2 heterocycles. The molecule has 6 nitrogen and oxygen atoms in total. The Bertz CT molecular complexity index is 1340. The van der Waals surface area contributed by atoms with Crippen molar-refractivity contribution in [2.24, 2.45) is 11.8 Å². The van der Waals surface area contributed by atoms with Crippen LogP contribution in [0.2, 0.25) is 0 Å². The van der Waals surface area contributed by atoms with Gasteiger partial charge in [0.15, 0.2) is 5.03 Å². The molecule has 0 atom stereocenters. The molecule has 2 N–H and O–H groups in total. The largest absolute Gasteiger partial charge is 0.386 e. The number of halogens is 5. The molecule has 0 aliphatic heterocycles. The zero-order chi connectivity index (χ0) is 27.5. The Labute approximate surface area is 212 Å². The van der Waals surface area contributed by atoms with Gasteiger partial charge in [-0.3, -0.25) is 9.48 Å². The lowest BCUT2D eigenvalue weighted by atomic mass is 9.80. The summed E-state index contributed by atoms with van der Waals surface area (Å²) < 4.78 is 67.9. The standard InChI is InChI=1S/C25H31F5N4O2S/c1-15(2)16-8-10-18(11-9-16)34-14-17-12-22(19(25(3,4)36)13-21(17)33-34)32-24(35)20-6-5-7-23(31-20)37(26,27,28,29)30/h5-7,12-16,18,36H,8-11H2,1-4H3,(H,32,35)/t16-,18-. The molecular formula is C25H31F5N4O2S. The number of carbonyl (C=O) groups excluding carboxylic acids is 1. The van der Waals surface area contributed by atoms with E-state index in [4.69, 9.17) is 0 Å². The van der Waals surface area contributed by atoms with E-state index in [0.29, 0.717) is 28.8 Å². The fourth-order valence-corrected chi connectivity index (χ4v) is 5.47. The summed E-state index contributed by atoms with van der Waals surface area (Å²) in [5, 5.41) is 16.1. The molecule has 1 aliphatic carbocycles. The van der Waals surface area contributed by atoms with Crippen LogP contribution in [0, 0.1) is 11.8 Å². The molecule has 4 rings (SSSR count). The van der Waals surface area contributed by atoms with Crippen LogP contribution in [0.5, 0.6) is 0 Å². The first-order valence-corrected chi connectivity index (χ1v) is 14.1. The van der Waals surface area contributed by atoms with E-state index >= 15 is 0 Å². The van der Waals surface area contributed by atoms with E-state index in [1.807, 2.05) is 10.9 Å². The molecule has 1 amide bonds. The van der Waals surface area contributed by atoms with E-state index in [2.05, 4.69) is 29.2 Å². The average molecular weight is 547 g/mol. The van der Waals surface area contributed by atoms with Crippen LogP contribution < -0.4 is 5.32 Å². The van der Waals surface area contributed by atoms with Crippen molar-refractivity contribution in [2.75, 3.05) is 5.32 Å². The number of nitrogens with one attached hydrogen (secondary N) is 1. The highest BCUT2D eigenvalue weighted by atomic mass is 32.5. The molecular weight excluding hydrogens is 515 g/mol. The summed E-state index contributed by atoms with van der Waals surface area (Å²) in [5.74, 6) is 0.182. The number of rotatable bonds is 6. The number of aromatic nitrogens is 3. The third-order valence-electron chi connectivity index (χ3n) is 6.98. The number of nitrogens with zero attached hydrogens (tertiary/aromatic N) is 3. The van der Waals surface area contributed by atoms with Gasteiger partial charge in [0.2, 0.25) is 0 Å². The summed E-state index contributed by atoms with van der Waals surface area (Å²) >= 11 is 0. The van der Waals surface area contributed by atoms with Gasteiger partial charge in [0.05, 0.1) is 17.2 Å². The minimum absolute atomic E-state index is 0.118. The van der Waals surface area contributed by atoms with Gasteiger partial charge in [-0.1, -0.05) is 39.3 Å². The molecule has 0 bridgehead atoms. The van der Waals surface area contributed by atoms with Crippen molar-refractivity contribution in [2.45, 2.75) is 70.0 Å². The summed E-state index contributed by atoms with van der Waals surface area (Å²) in [6, 6.07) is 5.14. The molecule has 0 saturated heterocycles. The molecule has 0 radical (unpaired) electrons. The minimum atomic E-state index is -10.1. The first-order chi connectivity index (χ1) is 16.8. The number of fused-ring (bicyclic) bond motifs is 1. The van der Waals surface area contributed by atoms with Crippen LogP contribution in [-0.4, -0.2) is 25.8 Å². The molecule has 1 aliphatic rings. The maximum absolute atomic E-state index is 13.2. The Hall–Kier alpha value is -2.73. The number of hydrogen-bond acceptors (Lipinski definition) is 4. The van der Waals surface area contributed by atoms with Crippen molar-refractivity contribution >= 4 is 32.7 Å². The van der Waals surface area contributed by atoms with Crippen molar-refractivity contribution in [1.29, 1.82) is 0 Å². The fraction of sp³-hybridized carbons (Fsp3) is 0.480. The smallest absolute Gasteiger partial charge is 0.325 e. The summed E-state index contributed by atoms with van der Waals surface area (Å²) in [6.07, 6.45) is 5.99. The highest BCUT2D eigenvalue weighted by Crippen LogP contribution is 3.01. The van der Waals surface area contributed by atoms with Crippen molar-refractivity contribution in [1.82, 2.24) is 14.8 Å². The second-order valence-electron chi connectivity index (χ2n) is 10.7. The van der Waals surface area contributed by atoms with Gasteiger partial charge in [-0.05, 0) is 75.6 Å². The summed E-state index contributed by atoms with van der Waals surface area (Å²) in [4.78, 5) is 15.7. The maximum atomic E-state index is 13.2. The van der Waals surface area contributed by atoms with Gasteiger partial charge in [0.1, 0.15) is 5.69 Å². The Morgan fingerprint density at radius 2 is 1.76 bits per heavy atom. The first-order valence-electron chi connectivity index (χ1n) is 12.1. The number of carbonyl (C=O) groups is 1. The SMILES string of the molecule is CC(C)[C@H]1CC[C@H](n2cc3cc(NC(=O)c4cccc(S(F)(F)(F)(F)F)n4)c(C(C)(C)O)cc3n2)CC1. The number of aliphatic hydroxyl groups is 1. The Morgan fingerprint density at radius 1 is 1.11 bits per heavy atom. The van der Waals surface area contributed by atoms with Crippen LogP contribution in [0.15, 0.2) is 41.6 Å². The molecule has 204 valence electrons. The van der Waals surface area contributed by atoms with Gasteiger partial charge in [-0.15, -0.1) is 0 Å². The van der Waals surface area contributed by atoms with Crippen LogP contribution in [-0.2, 0) is 5.60 Å². The van der Waals surface area contributed by atoms with Gasteiger partial charge in [-0.2, -0.15) is 5.10 Å². The molecule has 1 fully saturated rings. The lowest BCUT2D eigenvalue weighted by Crippen LogP contribution is -2.22. The predicted octanol–water partition coefficient (Wildman–Crippen LogP) is 7.96. The van der Waals surface area contributed by atoms with Crippen molar-refractivity contribution < 1.29 is 29.3 Å². The minimum Gasteiger partial charge on any atom is -0.386 e. The van der Waals surface area contributed by atoms with Gasteiger partial charge in [-0.25, -0.2) is 4.98 Å². The predicted molar refractivity (Wildman–Crippen MR) is 134 cm³/mol. The van der Waals surface area contributed by atoms with Crippen LogP contribution in [0.3, 0.4) is 0 Å². The lowest BCUT2D eigenvalue weighted by Gasteiger charge is -2.39. The molecule has 0 spiro atoms. The summed E-state index contributed by atoms with van der Waals surface area (Å²) in [7, 11) is -10.1. The zero-order valence-electron chi connectivity index (χ0n) is 21.0. The van der Waals surface area contributed by atoms with E-state index in [9.17, 15) is 29.3 Å². The molecule has 12 heteroatoms. The van der Waals surface area contributed by atoms with Crippen LogP contribution in [0.1, 0.15) is 75.5 Å². The maximum Gasteiger partial charge on any atom is 0.325 e. The molecule has 37 heavy (non-hydrogen) atoms. The van der Waals surface area contributed by atoms with Gasteiger partial charge in [0, 0.05) is 22.8 Å². The van der Waals surface area contributed by atoms with E-state index < -0.39 is 32.5 Å². The number of anilines is 1. The number of hydrogen-bond donors (Lipinski definition) is 2. The third kappa shape index (κ3) is 6.06. The van der Waals surface area contributed by atoms with E-state index in [-0.39, 0.29) is 23.4 Å². The average Bonchev–Trinajstić information content (AvgIpc) is 3.19. The van der Waals surface area contributed by atoms with Gasteiger partial charge < -0.3 is 10.4 Å². The van der Waals surface area contributed by atoms with Crippen LogP contribution in [0.4, 0.5) is 25.1 Å². The highest BCUT2D eigenvalue weighted by molar-refractivity contribution is 8.45. The van der Waals surface area contributed by atoms with Crippen molar-refractivity contribution in [3.05, 3.63) is 47.8 Å². The Morgan fingerprint density at radius 3 is 2.32 bits per heavy atom. The number of amides is 1. The second-order valence-corrected chi connectivity index (χ2v) is 13.1. The highest BCUT2D eigenvalue weighted by Gasteiger charge is 2.67. The number of pyridine rings is 1. The Balaban J connectivity index is 1.66. The van der Waals surface area contributed by atoms with Gasteiger partial charge in [0.25, 0.3) is 5.91 Å². The zero-order valence-corrected chi connectivity index (χ0v) is 21.8.